The SMILES string of the molecule is COc1cccc(N2C[C@@H](NC(=O)NN3CCOCC3)CC2=O)c1. The number of amides is 3. The quantitative estimate of drug-likeness (QED) is 0.830. The first-order valence-corrected chi connectivity index (χ1v) is 8.00. The maximum atomic E-state index is 12.2. The van der Waals surface area contributed by atoms with Crippen molar-refractivity contribution in [2.75, 3.05) is 44.9 Å². The summed E-state index contributed by atoms with van der Waals surface area (Å²) in [5.74, 6) is 0.682. The van der Waals surface area contributed by atoms with Crippen LogP contribution in [-0.2, 0) is 9.53 Å². The van der Waals surface area contributed by atoms with E-state index in [1.54, 1.807) is 12.0 Å². The minimum absolute atomic E-state index is 0.0140. The minimum atomic E-state index is -0.290. The fourth-order valence-electron chi connectivity index (χ4n) is 2.87. The summed E-state index contributed by atoms with van der Waals surface area (Å²) in [5, 5.41) is 4.67. The van der Waals surface area contributed by atoms with Crippen LogP contribution in [-0.4, -0.2) is 62.9 Å². The van der Waals surface area contributed by atoms with Crippen LogP contribution in [0.1, 0.15) is 6.42 Å². The lowest BCUT2D eigenvalue weighted by Crippen LogP contribution is -2.53. The first kappa shape index (κ1) is 16.5. The highest BCUT2D eigenvalue weighted by Crippen LogP contribution is 2.25. The Hall–Kier alpha value is -2.32. The Morgan fingerprint density at radius 1 is 1.33 bits per heavy atom. The molecule has 8 heteroatoms. The van der Waals surface area contributed by atoms with Crippen LogP contribution in [0.3, 0.4) is 0 Å². The highest BCUT2D eigenvalue weighted by atomic mass is 16.5. The van der Waals surface area contributed by atoms with Gasteiger partial charge in [-0.1, -0.05) is 6.07 Å². The number of methoxy groups -OCH3 is 1. The van der Waals surface area contributed by atoms with Crippen molar-refractivity contribution >= 4 is 17.6 Å². The monoisotopic (exact) mass is 334 g/mol. The smallest absolute Gasteiger partial charge is 0.329 e. The zero-order chi connectivity index (χ0) is 16.9. The normalized spacial score (nSPS) is 21.6. The van der Waals surface area contributed by atoms with Crippen LogP contribution in [0.15, 0.2) is 24.3 Å². The van der Waals surface area contributed by atoms with E-state index < -0.39 is 0 Å². The van der Waals surface area contributed by atoms with Crippen LogP contribution in [0.25, 0.3) is 0 Å². The second-order valence-electron chi connectivity index (χ2n) is 5.79. The molecule has 2 aliphatic rings. The number of nitrogens with one attached hydrogen (secondary N) is 2. The number of ether oxygens (including phenoxy) is 2. The number of nitrogens with zero attached hydrogens (tertiary/aromatic N) is 2. The Kier molecular flexibility index (Phi) is 5.17. The summed E-state index contributed by atoms with van der Waals surface area (Å²) >= 11 is 0. The third kappa shape index (κ3) is 3.95. The predicted molar refractivity (Wildman–Crippen MR) is 87.8 cm³/mol. The number of carbonyl (C=O) groups is 2. The van der Waals surface area contributed by atoms with Gasteiger partial charge in [-0.2, -0.15) is 0 Å². The van der Waals surface area contributed by atoms with E-state index in [0.29, 0.717) is 38.6 Å². The van der Waals surface area contributed by atoms with Crippen molar-refractivity contribution in [2.45, 2.75) is 12.5 Å². The molecule has 0 aliphatic carbocycles. The van der Waals surface area contributed by atoms with Gasteiger partial charge in [0.25, 0.3) is 0 Å². The Bertz CT molecular complexity index is 603. The van der Waals surface area contributed by atoms with Crippen molar-refractivity contribution in [1.82, 2.24) is 15.8 Å². The van der Waals surface area contributed by atoms with Gasteiger partial charge in [-0.05, 0) is 12.1 Å². The van der Waals surface area contributed by atoms with Crippen LogP contribution < -0.4 is 20.4 Å². The fourth-order valence-corrected chi connectivity index (χ4v) is 2.87. The van der Waals surface area contributed by atoms with E-state index >= 15 is 0 Å². The standard InChI is InChI=1S/C16H22N4O4/c1-23-14-4-2-3-13(10-14)20-11-12(9-15(20)21)17-16(22)18-19-5-7-24-8-6-19/h2-4,10,12H,5-9,11H2,1H3,(H2,17,18,22)/t12-/m0/s1. The van der Waals surface area contributed by atoms with Crippen LogP contribution >= 0.6 is 0 Å². The molecule has 2 aliphatic heterocycles. The van der Waals surface area contributed by atoms with Crippen LogP contribution in [0.4, 0.5) is 10.5 Å². The Morgan fingerprint density at radius 3 is 2.88 bits per heavy atom. The van der Waals surface area contributed by atoms with Gasteiger partial charge in [0.2, 0.25) is 5.91 Å². The summed E-state index contributed by atoms with van der Waals surface area (Å²) < 4.78 is 10.4. The molecule has 1 atom stereocenters. The van der Waals surface area contributed by atoms with Crippen molar-refractivity contribution < 1.29 is 19.1 Å². The molecular formula is C16H22N4O4. The molecule has 0 spiro atoms. The van der Waals surface area contributed by atoms with E-state index in [2.05, 4.69) is 10.7 Å². The van der Waals surface area contributed by atoms with Crippen molar-refractivity contribution in [3.63, 3.8) is 0 Å². The lowest BCUT2D eigenvalue weighted by atomic mass is 10.2. The summed E-state index contributed by atoms with van der Waals surface area (Å²) in [7, 11) is 1.59. The van der Waals surface area contributed by atoms with Gasteiger partial charge in [0.15, 0.2) is 0 Å². The lowest BCUT2D eigenvalue weighted by Gasteiger charge is -2.27. The Morgan fingerprint density at radius 2 is 2.12 bits per heavy atom. The zero-order valence-electron chi connectivity index (χ0n) is 13.7. The van der Waals surface area contributed by atoms with Crippen molar-refractivity contribution in [3.8, 4) is 5.75 Å². The summed E-state index contributed by atoms with van der Waals surface area (Å²) in [6.07, 6.45) is 0.285. The molecule has 130 valence electrons. The van der Waals surface area contributed by atoms with Gasteiger partial charge in [-0.3, -0.25) is 10.2 Å². The van der Waals surface area contributed by atoms with Crippen LogP contribution in [0.5, 0.6) is 5.75 Å². The van der Waals surface area contributed by atoms with E-state index in [1.807, 2.05) is 29.3 Å². The Labute approximate surface area is 140 Å². The number of urea groups is 1. The molecule has 0 bridgehead atoms. The molecule has 2 heterocycles. The average molecular weight is 334 g/mol. The van der Waals surface area contributed by atoms with Gasteiger partial charge in [0, 0.05) is 37.8 Å². The van der Waals surface area contributed by atoms with E-state index in [9.17, 15) is 9.59 Å². The second-order valence-corrected chi connectivity index (χ2v) is 5.79. The topological polar surface area (TPSA) is 83.1 Å². The minimum Gasteiger partial charge on any atom is -0.497 e. The average Bonchev–Trinajstić information content (AvgIpc) is 2.96. The second kappa shape index (κ2) is 7.50. The van der Waals surface area contributed by atoms with E-state index in [4.69, 9.17) is 9.47 Å². The zero-order valence-corrected chi connectivity index (χ0v) is 13.7. The number of benzene rings is 1. The van der Waals surface area contributed by atoms with Gasteiger partial charge in [0.05, 0.1) is 26.4 Å². The summed E-state index contributed by atoms with van der Waals surface area (Å²) in [5.41, 5.74) is 3.56. The van der Waals surface area contributed by atoms with Gasteiger partial charge < -0.3 is 19.7 Å². The fraction of sp³-hybridized carbons (Fsp3) is 0.500. The van der Waals surface area contributed by atoms with E-state index in [0.717, 1.165) is 5.69 Å². The predicted octanol–water partition coefficient (Wildman–Crippen LogP) is 0.347. The number of carbonyl (C=O) groups excluding carboxylic acids is 2. The third-order valence-electron chi connectivity index (χ3n) is 4.10. The molecule has 3 amide bonds. The molecule has 0 unspecified atom stereocenters. The third-order valence-corrected chi connectivity index (χ3v) is 4.10. The molecule has 0 aromatic heterocycles. The molecule has 8 nitrogen and oxygen atoms in total. The highest BCUT2D eigenvalue weighted by Gasteiger charge is 2.32. The maximum absolute atomic E-state index is 12.2. The van der Waals surface area contributed by atoms with Gasteiger partial charge in [-0.25, -0.2) is 9.80 Å². The molecule has 0 saturated carbocycles. The summed E-state index contributed by atoms with van der Waals surface area (Å²) in [4.78, 5) is 26.0. The number of anilines is 1. The molecule has 1 aromatic carbocycles. The largest absolute Gasteiger partial charge is 0.497 e. The van der Waals surface area contributed by atoms with E-state index in [1.165, 1.54) is 0 Å². The number of hydrazine groups is 1. The van der Waals surface area contributed by atoms with Crippen molar-refractivity contribution in [2.24, 2.45) is 0 Å². The molecule has 2 fully saturated rings. The Balaban J connectivity index is 1.55. The first-order chi connectivity index (χ1) is 11.7. The molecule has 0 radical (unpaired) electrons. The van der Waals surface area contributed by atoms with Crippen LogP contribution in [0, 0.1) is 0 Å². The van der Waals surface area contributed by atoms with Crippen molar-refractivity contribution in [1.29, 1.82) is 0 Å². The number of morpholine rings is 1. The van der Waals surface area contributed by atoms with Gasteiger partial charge in [-0.15, -0.1) is 0 Å². The molecular weight excluding hydrogens is 312 g/mol. The first-order valence-electron chi connectivity index (χ1n) is 8.00. The van der Waals surface area contributed by atoms with Gasteiger partial charge in [0.1, 0.15) is 5.75 Å². The molecule has 2 saturated heterocycles. The highest BCUT2D eigenvalue weighted by molar-refractivity contribution is 5.97. The summed E-state index contributed by atoms with van der Waals surface area (Å²) in [6, 6.07) is 6.83. The van der Waals surface area contributed by atoms with Gasteiger partial charge >= 0.3 is 6.03 Å². The maximum Gasteiger partial charge on any atom is 0.329 e. The van der Waals surface area contributed by atoms with Crippen molar-refractivity contribution in [3.05, 3.63) is 24.3 Å². The molecule has 2 N–H and O–H groups in total. The molecule has 3 rings (SSSR count). The van der Waals surface area contributed by atoms with E-state index in [-0.39, 0.29) is 24.4 Å². The summed E-state index contributed by atoms with van der Waals surface area (Å²) in [6.45, 7) is 2.97. The number of rotatable bonds is 4. The number of hydrogen-bond donors (Lipinski definition) is 2. The molecule has 1 aromatic rings. The molecule has 24 heavy (non-hydrogen) atoms. The lowest BCUT2D eigenvalue weighted by molar-refractivity contribution is -0.117. The number of hydrogen-bond acceptors (Lipinski definition) is 5. The van der Waals surface area contributed by atoms with Crippen LogP contribution in [0.2, 0.25) is 0 Å².